The van der Waals surface area contributed by atoms with Gasteiger partial charge in [0, 0.05) is 17.5 Å². The number of hydrogen-bond donors (Lipinski definition) is 1. The molecule has 0 amide bonds. The van der Waals surface area contributed by atoms with Gasteiger partial charge in [-0.05, 0) is 66.2 Å². The fraction of sp³-hybridized carbons (Fsp3) is 0.360. The number of ether oxygens (including phenoxy) is 1. The van der Waals surface area contributed by atoms with Crippen LogP contribution in [-0.2, 0) is 19.3 Å². The van der Waals surface area contributed by atoms with Crippen molar-refractivity contribution in [1.82, 2.24) is 5.32 Å². The number of fused-ring (bicyclic) bond motifs is 3. The first-order chi connectivity index (χ1) is 13.3. The second kappa shape index (κ2) is 7.01. The minimum atomic E-state index is 0.550. The maximum absolute atomic E-state index is 5.58. The molecule has 0 spiro atoms. The molecule has 27 heavy (non-hydrogen) atoms. The molecule has 2 bridgehead atoms. The summed E-state index contributed by atoms with van der Waals surface area (Å²) >= 11 is 0. The highest BCUT2D eigenvalue weighted by molar-refractivity contribution is 5.91. The number of methoxy groups -OCH3 is 1. The maximum atomic E-state index is 5.58. The van der Waals surface area contributed by atoms with Gasteiger partial charge in [0.1, 0.15) is 5.75 Å². The third-order valence-corrected chi connectivity index (χ3v) is 6.61. The predicted octanol–water partition coefficient (Wildman–Crippen LogP) is 4.93. The van der Waals surface area contributed by atoms with Crippen LogP contribution < -0.4 is 10.1 Å². The van der Waals surface area contributed by atoms with Crippen LogP contribution in [-0.4, -0.2) is 19.2 Å². The van der Waals surface area contributed by atoms with Crippen LogP contribution >= 0.6 is 0 Å². The van der Waals surface area contributed by atoms with Crippen LogP contribution in [0.15, 0.2) is 60.7 Å². The molecule has 2 heterocycles. The Morgan fingerprint density at radius 2 is 1.59 bits per heavy atom. The first kappa shape index (κ1) is 16.8. The summed E-state index contributed by atoms with van der Waals surface area (Å²) in [6, 6.07) is 23.3. The highest BCUT2D eigenvalue weighted by Crippen LogP contribution is 2.34. The summed E-state index contributed by atoms with van der Waals surface area (Å²) in [5.41, 5.74) is 4.55. The van der Waals surface area contributed by atoms with Gasteiger partial charge < -0.3 is 10.1 Å². The fourth-order valence-electron chi connectivity index (χ4n) is 5.20. The molecule has 138 valence electrons. The zero-order valence-corrected chi connectivity index (χ0v) is 15.9. The zero-order valence-electron chi connectivity index (χ0n) is 15.9. The molecule has 2 heteroatoms. The van der Waals surface area contributed by atoms with Crippen molar-refractivity contribution in [2.24, 2.45) is 5.92 Å². The summed E-state index contributed by atoms with van der Waals surface area (Å²) in [5, 5.41) is 6.56. The van der Waals surface area contributed by atoms with E-state index in [1.165, 1.54) is 42.0 Å². The maximum Gasteiger partial charge on any atom is 0.126 e. The van der Waals surface area contributed by atoms with E-state index in [2.05, 4.69) is 66.0 Å². The second-order valence-corrected chi connectivity index (χ2v) is 8.16. The largest absolute Gasteiger partial charge is 0.496 e. The van der Waals surface area contributed by atoms with Crippen LogP contribution in [0.25, 0.3) is 10.8 Å². The van der Waals surface area contributed by atoms with Crippen molar-refractivity contribution >= 4 is 10.8 Å². The van der Waals surface area contributed by atoms with Crippen molar-refractivity contribution in [2.45, 2.75) is 44.2 Å². The minimum Gasteiger partial charge on any atom is -0.496 e. The van der Waals surface area contributed by atoms with Crippen LogP contribution in [0.5, 0.6) is 5.75 Å². The van der Waals surface area contributed by atoms with Crippen molar-refractivity contribution in [2.75, 3.05) is 7.11 Å². The van der Waals surface area contributed by atoms with E-state index in [1.54, 1.807) is 18.2 Å². The Morgan fingerprint density at radius 1 is 0.852 bits per heavy atom. The molecule has 1 aliphatic carbocycles. The number of piperidine rings is 1. The van der Waals surface area contributed by atoms with Crippen LogP contribution in [0, 0.1) is 5.92 Å². The van der Waals surface area contributed by atoms with Crippen LogP contribution in [0.3, 0.4) is 0 Å². The third kappa shape index (κ3) is 3.12. The number of benzene rings is 3. The highest BCUT2D eigenvalue weighted by Gasteiger charge is 2.33. The van der Waals surface area contributed by atoms with Crippen molar-refractivity contribution in [3.8, 4) is 5.75 Å². The van der Waals surface area contributed by atoms with Gasteiger partial charge in [0.2, 0.25) is 0 Å². The molecule has 0 aromatic heterocycles. The van der Waals surface area contributed by atoms with Crippen molar-refractivity contribution < 1.29 is 4.74 Å². The molecule has 0 saturated carbocycles. The standard InChI is InChI=1S/C25H27NO/c1-27-25-13-11-19(22-8-4-5-9-23(22)25)16-24-20-10-12-21(26-24)15-18-7-3-2-6-17(18)14-20/h2-9,11,13,20-21,24,26H,10,12,14-16H2,1H3/t20-,21+,24?/m1/s1. The van der Waals surface area contributed by atoms with Crippen molar-refractivity contribution in [1.29, 1.82) is 0 Å². The molecule has 6 rings (SSSR count). The SMILES string of the molecule is COc1ccc(CC2N[C@H]3CC[C@@H]2Cc2ccccc2C3)c2ccccc12. The van der Waals surface area contributed by atoms with Crippen molar-refractivity contribution in [3.05, 3.63) is 77.4 Å². The Morgan fingerprint density at radius 3 is 2.41 bits per heavy atom. The fourth-order valence-corrected chi connectivity index (χ4v) is 5.20. The Hall–Kier alpha value is -2.32. The number of rotatable bonds is 3. The van der Waals surface area contributed by atoms with Gasteiger partial charge in [-0.15, -0.1) is 0 Å². The first-order valence-electron chi connectivity index (χ1n) is 10.2. The minimum absolute atomic E-state index is 0.550. The average molecular weight is 357 g/mol. The van der Waals surface area contributed by atoms with Gasteiger partial charge in [0.25, 0.3) is 0 Å². The summed E-state index contributed by atoms with van der Waals surface area (Å²) in [6.45, 7) is 0. The smallest absolute Gasteiger partial charge is 0.126 e. The molecule has 1 unspecified atom stereocenters. The van der Waals surface area contributed by atoms with E-state index in [-0.39, 0.29) is 0 Å². The predicted molar refractivity (Wildman–Crippen MR) is 111 cm³/mol. The molecule has 1 fully saturated rings. The normalized spacial score (nSPS) is 24.3. The molecule has 1 saturated heterocycles. The summed E-state index contributed by atoms with van der Waals surface area (Å²) in [6.07, 6.45) is 6.11. The molecule has 0 radical (unpaired) electrons. The van der Waals surface area contributed by atoms with Crippen molar-refractivity contribution in [3.63, 3.8) is 0 Å². The zero-order chi connectivity index (χ0) is 18.2. The molecule has 2 aliphatic heterocycles. The Bertz CT molecular complexity index is 963. The quantitative estimate of drug-likeness (QED) is 0.718. The molecule has 1 N–H and O–H groups in total. The summed E-state index contributed by atoms with van der Waals surface area (Å²) in [7, 11) is 1.76. The van der Waals surface area contributed by atoms with Gasteiger partial charge in [-0.1, -0.05) is 54.6 Å². The number of nitrogens with one attached hydrogen (secondary N) is 1. The van der Waals surface area contributed by atoms with E-state index in [0.29, 0.717) is 18.0 Å². The topological polar surface area (TPSA) is 21.3 Å². The van der Waals surface area contributed by atoms with E-state index in [1.807, 2.05) is 0 Å². The Labute approximate surface area is 161 Å². The lowest BCUT2D eigenvalue weighted by Gasteiger charge is -2.41. The van der Waals surface area contributed by atoms with Crippen LogP contribution in [0.1, 0.15) is 29.5 Å². The lowest BCUT2D eigenvalue weighted by atomic mass is 9.75. The average Bonchev–Trinajstić information content (AvgIpc) is 2.69. The molecule has 2 nitrogen and oxygen atoms in total. The molecule has 3 aromatic carbocycles. The van der Waals surface area contributed by atoms with E-state index < -0.39 is 0 Å². The van der Waals surface area contributed by atoms with Crippen LogP contribution in [0.4, 0.5) is 0 Å². The van der Waals surface area contributed by atoms with Gasteiger partial charge >= 0.3 is 0 Å². The molecule has 3 atom stereocenters. The van der Waals surface area contributed by atoms with Crippen LogP contribution in [0.2, 0.25) is 0 Å². The molecule has 3 aromatic rings. The van der Waals surface area contributed by atoms with E-state index in [9.17, 15) is 0 Å². The lowest BCUT2D eigenvalue weighted by molar-refractivity contribution is 0.217. The van der Waals surface area contributed by atoms with E-state index in [0.717, 1.165) is 12.2 Å². The lowest BCUT2D eigenvalue weighted by Crippen LogP contribution is -2.51. The van der Waals surface area contributed by atoms with Gasteiger partial charge in [0.05, 0.1) is 7.11 Å². The summed E-state index contributed by atoms with van der Waals surface area (Å²) in [4.78, 5) is 0. The third-order valence-electron chi connectivity index (χ3n) is 6.61. The molecular formula is C25H27NO. The number of hydrogen-bond acceptors (Lipinski definition) is 2. The monoisotopic (exact) mass is 357 g/mol. The van der Waals surface area contributed by atoms with Gasteiger partial charge in [0.15, 0.2) is 0 Å². The Kier molecular flexibility index (Phi) is 4.37. The molecule has 3 aliphatic rings. The summed E-state index contributed by atoms with van der Waals surface area (Å²) in [5.74, 6) is 1.68. The van der Waals surface area contributed by atoms with Gasteiger partial charge in [-0.3, -0.25) is 0 Å². The van der Waals surface area contributed by atoms with Gasteiger partial charge in [-0.2, -0.15) is 0 Å². The van der Waals surface area contributed by atoms with E-state index >= 15 is 0 Å². The van der Waals surface area contributed by atoms with Gasteiger partial charge in [-0.25, -0.2) is 0 Å². The highest BCUT2D eigenvalue weighted by atomic mass is 16.5. The second-order valence-electron chi connectivity index (χ2n) is 8.16. The summed E-state index contributed by atoms with van der Waals surface area (Å²) < 4.78 is 5.58. The first-order valence-corrected chi connectivity index (χ1v) is 10.2. The Balaban J connectivity index is 1.48. The molecular weight excluding hydrogens is 330 g/mol. The van der Waals surface area contributed by atoms with E-state index in [4.69, 9.17) is 4.74 Å².